The lowest BCUT2D eigenvalue weighted by molar-refractivity contribution is 0.556. The molecular weight excluding hydrogens is 256 g/mol. The second kappa shape index (κ2) is 10.9. The first-order valence-corrected chi connectivity index (χ1v) is 8.92. The van der Waals surface area contributed by atoms with Crippen molar-refractivity contribution in [1.29, 1.82) is 0 Å². The van der Waals surface area contributed by atoms with Gasteiger partial charge in [0.25, 0.3) is 0 Å². The molecule has 0 saturated heterocycles. The molecule has 104 valence electrons. The number of unbranched alkanes of at least 4 members (excludes halogenated alkanes) is 9. The molecule has 1 aromatic rings. The largest absolute Gasteiger partial charge is 0.137 e. The fraction of sp³-hybridized carbons (Fsp3) is 0.750. The maximum Gasteiger partial charge on any atom is 0.0600 e. The van der Waals surface area contributed by atoms with E-state index in [1.807, 2.05) is 0 Å². The van der Waals surface area contributed by atoms with Crippen LogP contribution in [0.5, 0.6) is 0 Å². The standard InChI is InChI=1S/C16H28S2/c1-2-3-4-5-6-7-8-9-10-11-12-15-13-14-18-16(15)17/h13-14,17H,2-12H2,1H3. The van der Waals surface area contributed by atoms with Gasteiger partial charge in [0.15, 0.2) is 0 Å². The lowest BCUT2D eigenvalue weighted by atomic mass is 10.0. The zero-order valence-corrected chi connectivity index (χ0v) is 13.5. The van der Waals surface area contributed by atoms with Gasteiger partial charge >= 0.3 is 0 Å². The maximum atomic E-state index is 4.47. The second-order valence-corrected chi connectivity index (χ2v) is 6.85. The molecule has 0 fully saturated rings. The Labute approximate surface area is 123 Å². The molecule has 1 heterocycles. The maximum absolute atomic E-state index is 4.47. The highest BCUT2D eigenvalue weighted by Crippen LogP contribution is 2.22. The van der Waals surface area contributed by atoms with Crippen LogP contribution in [0.4, 0.5) is 0 Å². The molecule has 0 aromatic carbocycles. The van der Waals surface area contributed by atoms with Crippen molar-refractivity contribution in [2.45, 2.75) is 81.8 Å². The molecule has 0 spiro atoms. The molecule has 0 unspecified atom stereocenters. The number of thiol groups is 1. The first kappa shape index (κ1) is 16.1. The van der Waals surface area contributed by atoms with Gasteiger partial charge in [0.1, 0.15) is 0 Å². The Morgan fingerprint density at radius 3 is 1.94 bits per heavy atom. The summed E-state index contributed by atoms with van der Waals surface area (Å²) < 4.78 is 1.21. The molecule has 1 aromatic heterocycles. The lowest BCUT2D eigenvalue weighted by Gasteiger charge is -2.02. The first-order chi connectivity index (χ1) is 8.84. The number of hydrogen-bond acceptors (Lipinski definition) is 2. The Kier molecular flexibility index (Phi) is 9.78. The first-order valence-electron chi connectivity index (χ1n) is 7.60. The minimum Gasteiger partial charge on any atom is -0.137 e. The minimum atomic E-state index is 1.21. The van der Waals surface area contributed by atoms with Crippen molar-refractivity contribution in [2.75, 3.05) is 0 Å². The van der Waals surface area contributed by atoms with Crippen molar-refractivity contribution in [3.8, 4) is 0 Å². The zero-order chi connectivity index (χ0) is 13.1. The highest BCUT2D eigenvalue weighted by Gasteiger charge is 1.99. The van der Waals surface area contributed by atoms with Crippen molar-refractivity contribution >= 4 is 24.0 Å². The molecular formula is C16H28S2. The molecule has 0 aliphatic heterocycles. The van der Waals surface area contributed by atoms with Crippen molar-refractivity contribution < 1.29 is 0 Å². The molecule has 0 aliphatic rings. The Hall–Kier alpha value is 0.0500. The van der Waals surface area contributed by atoms with E-state index in [9.17, 15) is 0 Å². The molecule has 0 bridgehead atoms. The van der Waals surface area contributed by atoms with Crippen LogP contribution in [0.25, 0.3) is 0 Å². The number of hydrogen-bond donors (Lipinski definition) is 1. The normalized spacial score (nSPS) is 11.0. The van der Waals surface area contributed by atoms with Crippen LogP contribution in [-0.4, -0.2) is 0 Å². The fourth-order valence-electron chi connectivity index (χ4n) is 2.32. The summed E-state index contributed by atoms with van der Waals surface area (Å²) in [6.07, 6.45) is 15.4. The van der Waals surface area contributed by atoms with Crippen LogP contribution < -0.4 is 0 Å². The summed E-state index contributed by atoms with van der Waals surface area (Å²) in [5.74, 6) is 0. The van der Waals surface area contributed by atoms with E-state index >= 15 is 0 Å². The molecule has 0 N–H and O–H groups in total. The number of thiophene rings is 1. The quantitative estimate of drug-likeness (QED) is 0.348. The molecule has 0 saturated carbocycles. The molecule has 1 rings (SSSR count). The fourth-order valence-corrected chi connectivity index (χ4v) is 3.37. The molecule has 0 amide bonds. The van der Waals surface area contributed by atoms with Gasteiger partial charge in [-0.15, -0.1) is 24.0 Å². The minimum absolute atomic E-state index is 1.21. The topological polar surface area (TPSA) is 0 Å². The average Bonchev–Trinajstić information content (AvgIpc) is 2.77. The third-order valence-electron chi connectivity index (χ3n) is 3.52. The third kappa shape index (κ3) is 7.48. The molecule has 0 atom stereocenters. The summed E-state index contributed by atoms with van der Waals surface area (Å²) >= 11 is 6.22. The molecule has 2 heteroatoms. The highest BCUT2D eigenvalue weighted by molar-refractivity contribution is 7.82. The van der Waals surface area contributed by atoms with Crippen LogP contribution in [-0.2, 0) is 6.42 Å². The van der Waals surface area contributed by atoms with Crippen molar-refractivity contribution in [3.05, 3.63) is 17.0 Å². The van der Waals surface area contributed by atoms with E-state index in [0.29, 0.717) is 0 Å². The van der Waals surface area contributed by atoms with Gasteiger partial charge in [-0.1, -0.05) is 64.7 Å². The van der Waals surface area contributed by atoms with E-state index < -0.39 is 0 Å². The number of aryl methyl sites for hydroxylation is 1. The van der Waals surface area contributed by atoms with Crippen molar-refractivity contribution in [3.63, 3.8) is 0 Å². The zero-order valence-electron chi connectivity index (χ0n) is 11.8. The number of rotatable bonds is 11. The van der Waals surface area contributed by atoms with Gasteiger partial charge in [0.2, 0.25) is 0 Å². The summed E-state index contributed by atoms with van der Waals surface area (Å²) in [6, 6.07) is 2.22. The van der Waals surface area contributed by atoms with E-state index in [2.05, 4.69) is 31.0 Å². The lowest BCUT2D eigenvalue weighted by Crippen LogP contribution is -1.85. The Morgan fingerprint density at radius 1 is 0.889 bits per heavy atom. The van der Waals surface area contributed by atoms with Gasteiger partial charge in [0, 0.05) is 0 Å². The van der Waals surface area contributed by atoms with Crippen LogP contribution in [0.2, 0.25) is 0 Å². The van der Waals surface area contributed by atoms with Gasteiger partial charge in [-0.3, -0.25) is 0 Å². The van der Waals surface area contributed by atoms with Gasteiger partial charge < -0.3 is 0 Å². The van der Waals surface area contributed by atoms with E-state index in [1.54, 1.807) is 11.3 Å². The molecule has 0 radical (unpaired) electrons. The van der Waals surface area contributed by atoms with Crippen LogP contribution in [0.3, 0.4) is 0 Å². The average molecular weight is 285 g/mol. The predicted octanol–water partition coefficient (Wildman–Crippen LogP) is 6.50. The summed E-state index contributed by atoms with van der Waals surface area (Å²) in [7, 11) is 0. The summed E-state index contributed by atoms with van der Waals surface area (Å²) in [6.45, 7) is 2.28. The monoisotopic (exact) mass is 284 g/mol. The molecule has 0 nitrogen and oxygen atoms in total. The van der Waals surface area contributed by atoms with Crippen LogP contribution in [0.15, 0.2) is 15.7 Å². The van der Waals surface area contributed by atoms with Gasteiger partial charge in [-0.05, 0) is 29.9 Å². The summed E-state index contributed by atoms with van der Waals surface area (Å²) in [4.78, 5) is 0. The summed E-state index contributed by atoms with van der Waals surface area (Å²) in [5, 5.41) is 2.15. The van der Waals surface area contributed by atoms with E-state index in [0.717, 1.165) is 0 Å². The summed E-state index contributed by atoms with van der Waals surface area (Å²) in [5.41, 5.74) is 1.45. The van der Waals surface area contributed by atoms with E-state index in [1.165, 1.54) is 80.4 Å². The Bertz CT molecular complexity index is 291. The Morgan fingerprint density at radius 2 is 1.44 bits per heavy atom. The third-order valence-corrected chi connectivity index (χ3v) is 4.88. The van der Waals surface area contributed by atoms with Gasteiger partial charge in [-0.25, -0.2) is 0 Å². The van der Waals surface area contributed by atoms with Gasteiger partial charge in [0.05, 0.1) is 4.21 Å². The van der Waals surface area contributed by atoms with E-state index in [4.69, 9.17) is 0 Å². The Balaban J connectivity index is 1.83. The van der Waals surface area contributed by atoms with Crippen LogP contribution in [0.1, 0.15) is 76.7 Å². The highest BCUT2D eigenvalue weighted by atomic mass is 32.2. The van der Waals surface area contributed by atoms with Gasteiger partial charge in [-0.2, -0.15) is 0 Å². The predicted molar refractivity (Wildman–Crippen MR) is 87.1 cm³/mol. The van der Waals surface area contributed by atoms with Crippen LogP contribution >= 0.6 is 24.0 Å². The smallest absolute Gasteiger partial charge is 0.0600 e. The molecule has 18 heavy (non-hydrogen) atoms. The molecule has 0 aliphatic carbocycles. The van der Waals surface area contributed by atoms with E-state index in [-0.39, 0.29) is 0 Å². The van der Waals surface area contributed by atoms with Crippen molar-refractivity contribution in [1.82, 2.24) is 0 Å². The van der Waals surface area contributed by atoms with Crippen LogP contribution in [0, 0.1) is 0 Å². The second-order valence-electron chi connectivity index (χ2n) is 5.18. The SMILES string of the molecule is CCCCCCCCCCCCc1ccsc1S. The van der Waals surface area contributed by atoms with Crippen molar-refractivity contribution in [2.24, 2.45) is 0 Å².